The van der Waals surface area contributed by atoms with Crippen LogP contribution in [-0.4, -0.2) is 37.2 Å². The molecule has 0 aromatic heterocycles. The van der Waals surface area contributed by atoms with Crippen LogP contribution in [0.1, 0.15) is 30.1 Å². The Kier molecular flexibility index (Phi) is 3.20. The van der Waals surface area contributed by atoms with E-state index in [0.717, 1.165) is 0 Å². The number of benzene rings is 1. The minimum atomic E-state index is -1.62. The molecule has 0 N–H and O–H groups in total. The average Bonchev–Trinajstić information content (AvgIpc) is 2.78. The number of hydrogen-bond donors (Lipinski definition) is 0. The molecule has 116 valence electrons. The third-order valence-electron chi connectivity index (χ3n) is 4.33. The maximum absolute atomic E-state index is 12.9. The van der Waals surface area contributed by atoms with Crippen LogP contribution in [0.25, 0.3) is 0 Å². The van der Waals surface area contributed by atoms with Gasteiger partial charge in [0.2, 0.25) is 11.4 Å². The molecule has 0 unspecified atom stereocenters. The molecule has 1 aromatic carbocycles. The highest BCUT2D eigenvalue weighted by atomic mass is 16.5. The zero-order chi connectivity index (χ0) is 16.1. The standard InChI is InChI=1S/C16H16O6/c1-8-4-9(17)5-13(18)16(8)15(19)14-11(21-3)6-10(20-2)7-12(14)22-16/h6-8H,4-5H2,1-3H3/t8-,16+/m1/s1. The average molecular weight is 304 g/mol. The minimum Gasteiger partial charge on any atom is -0.496 e. The summed E-state index contributed by atoms with van der Waals surface area (Å²) in [6.07, 6.45) is -0.131. The predicted octanol–water partition coefficient (Wildman–Crippen LogP) is 1.59. The predicted molar refractivity (Wildman–Crippen MR) is 75.6 cm³/mol. The van der Waals surface area contributed by atoms with Crippen LogP contribution in [0.4, 0.5) is 0 Å². The zero-order valence-electron chi connectivity index (χ0n) is 12.6. The van der Waals surface area contributed by atoms with Crippen LogP contribution in [-0.2, 0) is 9.59 Å². The second-order valence-corrected chi connectivity index (χ2v) is 5.61. The molecule has 1 saturated carbocycles. The van der Waals surface area contributed by atoms with Crippen LogP contribution >= 0.6 is 0 Å². The van der Waals surface area contributed by atoms with Crippen LogP contribution in [0.15, 0.2) is 12.1 Å². The second kappa shape index (κ2) is 4.83. The number of fused-ring (bicyclic) bond motifs is 1. The van der Waals surface area contributed by atoms with Gasteiger partial charge >= 0.3 is 0 Å². The lowest BCUT2D eigenvalue weighted by molar-refractivity contribution is -0.143. The van der Waals surface area contributed by atoms with Gasteiger partial charge in [-0.05, 0) is 0 Å². The number of methoxy groups -OCH3 is 2. The molecule has 0 bridgehead atoms. The number of ether oxygens (including phenoxy) is 3. The summed E-state index contributed by atoms with van der Waals surface area (Å²) in [6.45, 7) is 1.68. The number of carbonyl (C=O) groups excluding carboxylic acids is 3. The molecule has 6 heteroatoms. The first-order valence-electron chi connectivity index (χ1n) is 6.99. The molecule has 1 spiro atoms. The lowest BCUT2D eigenvalue weighted by atomic mass is 9.72. The summed E-state index contributed by atoms with van der Waals surface area (Å²) in [4.78, 5) is 36.9. The molecular weight excluding hydrogens is 288 g/mol. The summed E-state index contributed by atoms with van der Waals surface area (Å²) >= 11 is 0. The summed E-state index contributed by atoms with van der Waals surface area (Å²) < 4.78 is 16.2. The first kappa shape index (κ1) is 14.6. The smallest absolute Gasteiger partial charge is 0.232 e. The van der Waals surface area contributed by atoms with Gasteiger partial charge in [-0.3, -0.25) is 14.4 Å². The van der Waals surface area contributed by atoms with E-state index in [1.807, 2.05) is 0 Å². The van der Waals surface area contributed by atoms with Crippen molar-refractivity contribution >= 4 is 17.3 Å². The third-order valence-corrected chi connectivity index (χ3v) is 4.33. The van der Waals surface area contributed by atoms with Crippen LogP contribution in [0.2, 0.25) is 0 Å². The Bertz CT molecular complexity index is 692. The van der Waals surface area contributed by atoms with Crippen molar-refractivity contribution in [3.05, 3.63) is 17.7 Å². The molecule has 6 nitrogen and oxygen atoms in total. The first-order chi connectivity index (χ1) is 10.4. The van der Waals surface area contributed by atoms with E-state index < -0.39 is 23.1 Å². The molecule has 3 rings (SSSR count). The maximum Gasteiger partial charge on any atom is 0.232 e. The van der Waals surface area contributed by atoms with Crippen molar-refractivity contribution in [2.45, 2.75) is 25.4 Å². The lowest BCUT2D eigenvalue weighted by Crippen LogP contribution is -2.57. The van der Waals surface area contributed by atoms with Crippen LogP contribution in [0.3, 0.4) is 0 Å². The van der Waals surface area contributed by atoms with Gasteiger partial charge in [-0.2, -0.15) is 0 Å². The summed E-state index contributed by atoms with van der Waals surface area (Å²) in [5, 5.41) is 0. The van der Waals surface area contributed by atoms with Crippen LogP contribution in [0, 0.1) is 5.92 Å². The summed E-state index contributed by atoms with van der Waals surface area (Å²) in [5.41, 5.74) is -1.38. The monoisotopic (exact) mass is 304 g/mol. The molecule has 1 aliphatic heterocycles. The van der Waals surface area contributed by atoms with Gasteiger partial charge in [0, 0.05) is 24.5 Å². The van der Waals surface area contributed by atoms with E-state index in [1.54, 1.807) is 19.1 Å². The number of rotatable bonds is 2. The van der Waals surface area contributed by atoms with Crippen LogP contribution in [0.5, 0.6) is 17.2 Å². The third kappa shape index (κ3) is 1.76. The molecule has 2 aliphatic rings. The van der Waals surface area contributed by atoms with Crippen LogP contribution < -0.4 is 14.2 Å². The topological polar surface area (TPSA) is 78.9 Å². The SMILES string of the molecule is COc1cc(OC)c2c(c1)O[C@@]1(C(=O)CC(=O)C[C@H]1C)C2=O. The van der Waals surface area contributed by atoms with Gasteiger partial charge in [0.05, 0.1) is 20.6 Å². The maximum atomic E-state index is 12.9. The van der Waals surface area contributed by atoms with Gasteiger partial charge in [-0.25, -0.2) is 0 Å². The van der Waals surface area contributed by atoms with E-state index >= 15 is 0 Å². The highest BCUT2D eigenvalue weighted by Gasteiger charge is 2.60. The zero-order valence-corrected chi connectivity index (χ0v) is 12.6. The van der Waals surface area contributed by atoms with Gasteiger partial charge in [0.25, 0.3) is 0 Å². The Balaban J connectivity index is 2.15. The number of hydrogen-bond acceptors (Lipinski definition) is 6. The summed E-state index contributed by atoms with van der Waals surface area (Å²) in [7, 11) is 2.92. The molecule has 22 heavy (non-hydrogen) atoms. The van der Waals surface area contributed by atoms with E-state index in [-0.39, 0.29) is 29.9 Å². The van der Waals surface area contributed by atoms with Gasteiger partial charge in [0.15, 0.2) is 5.78 Å². The summed E-state index contributed by atoms with van der Waals surface area (Å²) in [5.74, 6) is -0.585. The van der Waals surface area contributed by atoms with E-state index in [4.69, 9.17) is 14.2 Å². The van der Waals surface area contributed by atoms with Gasteiger partial charge in [-0.15, -0.1) is 0 Å². The molecule has 0 saturated heterocycles. The van der Waals surface area contributed by atoms with Crippen molar-refractivity contribution in [3.8, 4) is 17.2 Å². The fourth-order valence-corrected chi connectivity index (χ4v) is 3.21. The molecule has 2 atom stereocenters. The Labute approximate surface area is 127 Å². The van der Waals surface area contributed by atoms with Crippen molar-refractivity contribution in [2.24, 2.45) is 5.92 Å². The van der Waals surface area contributed by atoms with Crippen molar-refractivity contribution in [1.29, 1.82) is 0 Å². The quantitative estimate of drug-likeness (QED) is 0.772. The van der Waals surface area contributed by atoms with Gasteiger partial charge in [-0.1, -0.05) is 6.92 Å². The molecule has 1 aliphatic carbocycles. The fraction of sp³-hybridized carbons (Fsp3) is 0.438. The minimum absolute atomic E-state index is 0.144. The Morgan fingerprint density at radius 1 is 1.18 bits per heavy atom. The van der Waals surface area contributed by atoms with Crippen molar-refractivity contribution in [3.63, 3.8) is 0 Å². The van der Waals surface area contributed by atoms with Gasteiger partial charge in [0.1, 0.15) is 28.6 Å². The highest BCUT2D eigenvalue weighted by molar-refractivity contribution is 6.26. The fourth-order valence-electron chi connectivity index (χ4n) is 3.21. The Hall–Kier alpha value is -2.37. The molecule has 1 fully saturated rings. The van der Waals surface area contributed by atoms with E-state index in [1.165, 1.54) is 14.2 Å². The molecule has 0 radical (unpaired) electrons. The first-order valence-corrected chi connectivity index (χ1v) is 6.99. The van der Waals surface area contributed by atoms with E-state index in [2.05, 4.69) is 0 Å². The number of carbonyl (C=O) groups is 3. The normalized spacial score (nSPS) is 26.9. The lowest BCUT2D eigenvalue weighted by Gasteiger charge is -2.34. The van der Waals surface area contributed by atoms with Crippen molar-refractivity contribution < 1.29 is 28.6 Å². The largest absolute Gasteiger partial charge is 0.496 e. The number of Topliss-reactive ketones (excluding diaryl/α,β-unsaturated/α-hetero) is 3. The molecule has 1 aromatic rings. The van der Waals surface area contributed by atoms with Crippen molar-refractivity contribution in [2.75, 3.05) is 14.2 Å². The van der Waals surface area contributed by atoms with E-state index in [9.17, 15) is 14.4 Å². The van der Waals surface area contributed by atoms with Gasteiger partial charge < -0.3 is 14.2 Å². The van der Waals surface area contributed by atoms with Crippen molar-refractivity contribution in [1.82, 2.24) is 0 Å². The summed E-state index contributed by atoms with van der Waals surface area (Å²) in [6, 6.07) is 3.13. The molecule has 0 amide bonds. The molecular formula is C16H16O6. The Morgan fingerprint density at radius 3 is 2.50 bits per heavy atom. The number of ketones is 3. The van der Waals surface area contributed by atoms with E-state index in [0.29, 0.717) is 11.5 Å². The molecule has 1 heterocycles. The Morgan fingerprint density at radius 2 is 1.91 bits per heavy atom. The highest BCUT2D eigenvalue weighted by Crippen LogP contribution is 2.48. The second-order valence-electron chi connectivity index (χ2n) is 5.61.